The van der Waals surface area contributed by atoms with Crippen LogP contribution >= 0.6 is 23.2 Å². The highest BCUT2D eigenvalue weighted by molar-refractivity contribution is 6.33. The van der Waals surface area contributed by atoms with Gasteiger partial charge in [0, 0.05) is 22.5 Å². The summed E-state index contributed by atoms with van der Waals surface area (Å²) in [7, 11) is 1.48. The molecule has 2 rings (SSSR count). The quantitative estimate of drug-likeness (QED) is 0.813. The van der Waals surface area contributed by atoms with Gasteiger partial charge in [0.25, 0.3) is 0 Å². The fourth-order valence-electron chi connectivity index (χ4n) is 1.52. The van der Waals surface area contributed by atoms with Crippen LogP contribution in [0.25, 0.3) is 0 Å². The Hall–Kier alpha value is -1.65. The fourth-order valence-corrected chi connectivity index (χ4v) is 1.90. The molecule has 0 aliphatic heterocycles. The number of aromatic nitrogens is 2. The lowest BCUT2D eigenvalue weighted by Crippen LogP contribution is -2.07. The first-order chi connectivity index (χ1) is 9.10. The van der Waals surface area contributed by atoms with E-state index in [4.69, 9.17) is 27.9 Å². The van der Waals surface area contributed by atoms with Crippen LogP contribution < -0.4 is 4.74 Å². The number of hydrogen-bond acceptors (Lipinski definition) is 4. The van der Waals surface area contributed by atoms with Crippen molar-refractivity contribution in [3.63, 3.8) is 0 Å². The average Bonchev–Trinajstić information content (AvgIpc) is 2.43. The SMILES string of the molecule is COc1ccc(C(=O)Cc2cc(Cl)ccc2Cl)nn1. The predicted octanol–water partition coefficient (Wildman–Crippen LogP) is 3.22. The molecule has 0 N–H and O–H groups in total. The fraction of sp³-hybridized carbons (Fsp3) is 0.154. The van der Waals surface area contributed by atoms with Gasteiger partial charge in [0.15, 0.2) is 5.78 Å². The molecule has 1 aromatic carbocycles. The highest BCUT2D eigenvalue weighted by Gasteiger charge is 2.12. The van der Waals surface area contributed by atoms with Crippen LogP contribution in [0.4, 0.5) is 0 Å². The van der Waals surface area contributed by atoms with Crippen molar-refractivity contribution in [1.82, 2.24) is 10.2 Å². The summed E-state index contributed by atoms with van der Waals surface area (Å²) in [5.74, 6) is 0.177. The predicted molar refractivity (Wildman–Crippen MR) is 73.1 cm³/mol. The summed E-state index contributed by atoms with van der Waals surface area (Å²) in [6.45, 7) is 0. The molecule has 0 unspecified atom stereocenters. The largest absolute Gasteiger partial charge is 0.480 e. The lowest BCUT2D eigenvalue weighted by Gasteiger charge is -2.04. The van der Waals surface area contributed by atoms with Crippen molar-refractivity contribution in [3.8, 4) is 5.88 Å². The molecule has 4 nitrogen and oxygen atoms in total. The Morgan fingerprint density at radius 2 is 2.00 bits per heavy atom. The van der Waals surface area contributed by atoms with E-state index in [0.717, 1.165) is 0 Å². The van der Waals surface area contributed by atoms with E-state index in [9.17, 15) is 4.79 Å². The molecule has 0 atom stereocenters. The summed E-state index contributed by atoms with van der Waals surface area (Å²) < 4.78 is 4.88. The van der Waals surface area contributed by atoms with Gasteiger partial charge in [-0.25, -0.2) is 0 Å². The van der Waals surface area contributed by atoms with Crippen molar-refractivity contribution in [2.45, 2.75) is 6.42 Å². The third-order valence-corrected chi connectivity index (χ3v) is 3.10. The molecule has 1 heterocycles. The summed E-state index contributed by atoms with van der Waals surface area (Å²) in [5.41, 5.74) is 0.925. The minimum absolute atomic E-state index is 0.125. The lowest BCUT2D eigenvalue weighted by molar-refractivity contribution is 0.0987. The Morgan fingerprint density at radius 1 is 1.21 bits per heavy atom. The number of rotatable bonds is 4. The summed E-state index contributed by atoms with van der Waals surface area (Å²) in [5, 5.41) is 8.58. The molecular weight excluding hydrogens is 287 g/mol. The number of hydrogen-bond donors (Lipinski definition) is 0. The van der Waals surface area contributed by atoms with Crippen LogP contribution in [0.2, 0.25) is 10.0 Å². The Labute approximate surface area is 120 Å². The maximum absolute atomic E-state index is 12.0. The number of halogens is 2. The molecular formula is C13H10Cl2N2O2. The van der Waals surface area contributed by atoms with Crippen LogP contribution in [0.5, 0.6) is 5.88 Å². The summed E-state index contributed by atoms with van der Waals surface area (Å²) >= 11 is 11.9. The Kier molecular flexibility index (Phi) is 4.35. The van der Waals surface area contributed by atoms with Crippen LogP contribution in [0.15, 0.2) is 30.3 Å². The monoisotopic (exact) mass is 296 g/mol. The van der Waals surface area contributed by atoms with Crippen molar-refractivity contribution in [1.29, 1.82) is 0 Å². The molecule has 0 bridgehead atoms. The molecule has 0 fully saturated rings. The van der Waals surface area contributed by atoms with E-state index in [0.29, 0.717) is 21.5 Å². The van der Waals surface area contributed by atoms with Crippen LogP contribution in [0.1, 0.15) is 16.1 Å². The van der Waals surface area contributed by atoms with Crippen LogP contribution in [0.3, 0.4) is 0 Å². The molecule has 0 aliphatic rings. The van der Waals surface area contributed by atoms with Crippen molar-refractivity contribution < 1.29 is 9.53 Å². The third kappa shape index (κ3) is 3.43. The molecule has 0 aliphatic carbocycles. The molecule has 2 aromatic rings. The topological polar surface area (TPSA) is 52.1 Å². The van der Waals surface area contributed by atoms with Gasteiger partial charge in [-0.2, -0.15) is 0 Å². The van der Waals surface area contributed by atoms with Crippen LogP contribution in [-0.4, -0.2) is 23.1 Å². The highest BCUT2D eigenvalue weighted by Crippen LogP contribution is 2.22. The summed E-state index contributed by atoms with van der Waals surface area (Å²) in [4.78, 5) is 12.0. The number of carbonyl (C=O) groups excluding carboxylic acids is 1. The molecule has 98 valence electrons. The van der Waals surface area contributed by atoms with Crippen molar-refractivity contribution in [2.24, 2.45) is 0 Å². The minimum atomic E-state index is -0.181. The van der Waals surface area contributed by atoms with Gasteiger partial charge < -0.3 is 4.74 Å². The number of methoxy groups -OCH3 is 1. The van der Waals surface area contributed by atoms with E-state index >= 15 is 0 Å². The van der Waals surface area contributed by atoms with Crippen LogP contribution in [-0.2, 0) is 6.42 Å². The molecule has 0 radical (unpaired) electrons. The Bertz CT molecular complexity index is 600. The maximum Gasteiger partial charge on any atom is 0.233 e. The first-order valence-corrected chi connectivity index (χ1v) is 6.20. The Balaban J connectivity index is 2.18. The van der Waals surface area contributed by atoms with Crippen molar-refractivity contribution >= 4 is 29.0 Å². The van der Waals surface area contributed by atoms with Gasteiger partial charge in [-0.3, -0.25) is 4.79 Å². The second-order valence-electron chi connectivity index (χ2n) is 3.80. The number of ketones is 1. The van der Waals surface area contributed by atoms with E-state index in [1.807, 2.05) is 0 Å². The molecule has 0 amide bonds. The van der Waals surface area contributed by atoms with Gasteiger partial charge in [-0.05, 0) is 29.8 Å². The first-order valence-electron chi connectivity index (χ1n) is 5.45. The molecule has 19 heavy (non-hydrogen) atoms. The number of nitrogens with zero attached hydrogens (tertiary/aromatic N) is 2. The molecule has 6 heteroatoms. The third-order valence-electron chi connectivity index (χ3n) is 2.49. The first kappa shape index (κ1) is 13.8. The zero-order valence-electron chi connectivity index (χ0n) is 10.1. The van der Waals surface area contributed by atoms with E-state index in [-0.39, 0.29) is 17.9 Å². The molecule has 1 aromatic heterocycles. The van der Waals surface area contributed by atoms with Gasteiger partial charge in [0.05, 0.1) is 7.11 Å². The van der Waals surface area contributed by atoms with E-state index in [2.05, 4.69) is 10.2 Å². The molecule has 0 saturated heterocycles. The summed E-state index contributed by atoms with van der Waals surface area (Å²) in [6, 6.07) is 8.14. The van der Waals surface area contributed by atoms with E-state index in [1.165, 1.54) is 7.11 Å². The standard InChI is InChI=1S/C13H10Cl2N2O2/c1-19-13-5-4-11(16-17-13)12(18)7-8-6-9(14)2-3-10(8)15/h2-6H,7H2,1H3. The van der Waals surface area contributed by atoms with Gasteiger partial charge in [0.1, 0.15) is 5.69 Å². The summed E-state index contributed by atoms with van der Waals surface area (Å²) in [6.07, 6.45) is 0.125. The molecule has 0 spiro atoms. The zero-order chi connectivity index (χ0) is 13.8. The average molecular weight is 297 g/mol. The number of ether oxygens (including phenoxy) is 1. The minimum Gasteiger partial charge on any atom is -0.480 e. The zero-order valence-corrected chi connectivity index (χ0v) is 11.6. The van der Waals surface area contributed by atoms with Crippen molar-refractivity contribution in [2.75, 3.05) is 7.11 Å². The van der Waals surface area contributed by atoms with Gasteiger partial charge in [-0.1, -0.05) is 23.2 Å². The van der Waals surface area contributed by atoms with Gasteiger partial charge >= 0.3 is 0 Å². The van der Waals surface area contributed by atoms with Gasteiger partial charge in [-0.15, -0.1) is 10.2 Å². The lowest BCUT2D eigenvalue weighted by atomic mass is 10.1. The van der Waals surface area contributed by atoms with Crippen molar-refractivity contribution in [3.05, 3.63) is 51.6 Å². The number of carbonyl (C=O) groups is 1. The molecule has 0 saturated carbocycles. The second kappa shape index (κ2) is 5.99. The maximum atomic E-state index is 12.0. The van der Waals surface area contributed by atoms with Crippen LogP contribution in [0, 0.1) is 0 Å². The van der Waals surface area contributed by atoms with E-state index in [1.54, 1.807) is 30.3 Å². The normalized spacial score (nSPS) is 10.3. The van der Waals surface area contributed by atoms with E-state index < -0.39 is 0 Å². The Morgan fingerprint density at radius 3 is 2.63 bits per heavy atom. The number of Topliss-reactive ketones (excluding diaryl/α,β-unsaturated/α-hetero) is 1. The second-order valence-corrected chi connectivity index (χ2v) is 4.64. The highest BCUT2D eigenvalue weighted by atomic mass is 35.5. The van der Waals surface area contributed by atoms with Gasteiger partial charge in [0.2, 0.25) is 5.88 Å². The smallest absolute Gasteiger partial charge is 0.233 e. The number of benzene rings is 1.